The fourth-order valence-corrected chi connectivity index (χ4v) is 2.23. The summed E-state index contributed by atoms with van der Waals surface area (Å²) in [5.74, 6) is 0.440. The molecule has 0 unspecified atom stereocenters. The van der Waals surface area contributed by atoms with Crippen molar-refractivity contribution in [1.29, 1.82) is 0 Å². The quantitative estimate of drug-likeness (QED) is 0.868. The molecule has 0 amide bonds. The zero-order valence-corrected chi connectivity index (χ0v) is 12.4. The lowest BCUT2D eigenvalue weighted by atomic mass is 10.0. The molecule has 1 aromatic carbocycles. The maximum absolute atomic E-state index is 11.5. The molecule has 6 nitrogen and oxygen atoms in total. The van der Waals surface area contributed by atoms with Crippen molar-refractivity contribution < 1.29 is 24.1 Å². The molecule has 0 aliphatic rings. The van der Waals surface area contributed by atoms with Crippen LogP contribution in [0, 0.1) is 6.92 Å². The molecule has 2 rings (SSSR count). The van der Waals surface area contributed by atoms with Gasteiger partial charge in [0.1, 0.15) is 0 Å². The molecule has 0 saturated carbocycles. The van der Waals surface area contributed by atoms with Gasteiger partial charge in [-0.2, -0.15) is 0 Å². The van der Waals surface area contributed by atoms with Crippen molar-refractivity contribution in [2.45, 2.75) is 13.3 Å². The van der Waals surface area contributed by atoms with Crippen molar-refractivity contribution in [2.75, 3.05) is 21.3 Å². The maximum atomic E-state index is 11.5. The standard InChI is InChI=1S/C15H17NO5/c1-8-9-5-12(19-2)13(20-3)6-10(9)11(15(18)16-8)7-14(17)21-4/h5-6H,7H2,1-4H3,(H,16,18). The van der Waals surface area contributed by atoms with Gasteiger partial charge in [-0.15, -0.1) is 0 Å². The van der Waals surface area contributed by atoms with Crippen LogP contribution in [0.25, 0.3) is 10.8 Å². The summed E-state index contributed by atoms with van der Waals surface area (Å²) in [6, 6.07) is 3.50. The van der Waals surface area contributed by atoms with E-state index in [9.17, 15) is 9.90 Å². The Morgan fingerprint density at radius 2 is 1.71 bits per heavy atom. The summed E-state index contributed by atoms with van der Waals surface area (Å²) in [6.45, 7) is 1.77. The molecule has 0 saturated heterocycles. The number of esters is 1. The Morgan fingerprint density at radius 1 is 1.14 bits per heavy atom. The molecule has 0 atom stereocenters. The second-order valence-electron chi connectivity index (χ2n) is 4.51. The Balaban J connectivity index is 2.75. The third-order valence-corrected chi connectivity index (χ3v) is 3.33. The highest BCUT2D eigenvalue weighted by atomic mass is 16.5. The monoisotopic (exact) mass is 291 g/mol. The van der Waals surface area contributed by atoms with Crippen LogP contribution in [0.1, 0.15) is 11.3 Å². The van der Waals surface area contributed by atoms with Crippen molar-refractivity contribution in [3.05, 3.63) is 23.4 Å². The zero-order valence-electron chi connectivity index (χ0n) is 12.4. The minimum atomic E-state index is -0.452. The first-order valence-electron chi connectivity index (χ1n) is 6.32. The number of hydrogen-bond acceptors (Lipinski definition) is 6. The zero-order chi connectivity index (χ0) is 15.6. The molecule has 0 bridgehead atoms. The van der Waals surface area contributed by atoms with E-state index in [0.29, 0.717) is 28.1 Å². The summed E-state index contributed by atoms with van der Waals surface area (Å²) in [5.41, 5.74) is 1.04. The summed E-state index contributed by atoms with van der Waals surface area (Å²) >= 11 is 0. The number of aryl methyl sites for hydroxylation is 1. The van der Waals surface area contributed by atoms with E-state index in [1.54, 1.807) is 26.2 Å². The first-order valence-corrected chi connectivity index (χ1v) is 6.32. The van der Waals surface area contributed by atoms with Gasteiger partial charge in [0.05, 0.1) is 27.8 Å². The summed E-state index contributed by atoms with van der Waals surface area (Å²) in [5, 5.41) is 11.5. The van der Waals surface area contributed by atoms with Crippen molar-refractivity contribution in [1.82, 2.24) is 4.98 Å². The highest BCUT2D eigenvalue weighted by Crippen LogP contribution is 2.37. The normalized spacial score (nSPS) is 10.5. The Morgan fingerprint density at radius 3 is 2.24 bits per heavy atom. The lowest BCUT2D eigenvalue weighted by molar-refractivity contribution is -0.139. The molecule has 0 aliphatic carbocycles. The number of fused-ring (bicyclic) bond motifs is 1. The topological polar surface area (TPSA) is 77.9 Å². The van der Waals surface area contributed by atoms with E-state index in [1.807, 2.05) is 0 Å². The first kappa shape index (κ1) is 14.9. The summed E-state index contributed by atoms with van der Waals surface area (Å²) in [4.78, 5) is 15.6. The molecule has 0 radical (unpaired) electrons. The van der Waals surface area contributed by atoms with Gasteiger partial charge in [0.2, 0.25) is 5.88 Å². The SMILES string of the molecule is COC(=O)Cc1c(O)nc(C)c2cc(OC)c(OC)cc12. The molecule has 0 aliphatic heterocycles. The van der Waals surface area contributed by atoms with Crippen LogP contribution in [-0.2, 0) is 16.0 Å². The number of carbonyl (C=O) groups is 1. The van der Waals surface area contributed by atoms with Gasteiger partial charge in [-0.05, 0) is 24.4 Å². The van der Waals surface area contributed by atoms with Gasteiger partial charge in [-0.1, -0.05) is 0 Å². The van der Waals surface area contributed by atoms with Crippen LogP contribution in [-0.4, -0.2) is 37.4 Å². The van der Waals surface area contributed by atoms with Crippen LogP contribution < -0.4 is 9.47 Å². The predicted octanol–water partition coefficient (Wildman–Crippen LogP) is 1.98. The molecule has 1 heterocycles. The van der Waals surface area contributed by atoms with E-state index in [1.165, 1.54) is 14.2 Å². The molecule has 112 valence electrons. The summed E-state index contributed by atoms with van der Waals surface area (Å²) in [7, 11) is 4.37. The van der Waals surface area contributed by atoms with Gasteiger partial charge in [0, 0.05) is 16.6 Å². The predicted molar refractivity (Wildman–Crippen MR) is 77.0 cm³/mol. The Labute approximate surface area is 122 Å². The molecule has 1 N–H and O–H groups in total. The Bertz CT molecular complexity index is 696. The second-order valence-corrected chi connectivity index (χ2v) is 4.51. The number of aromatic hydroxyl groups is 1. The first-order chi connectivity index (χ1) is 10.0. The van der Waals surface area contributed by atoms with Crippen LogP contribution in [0.4, 0.5) is 0 Å². The summed E-state index contributed by atoms with van der Waals surface area (Å²) in [6.07, 6.45) is -0.0679. The molecular weight excluding hydrogens is 274 g/mol. The van der Waals surface area contributed by atoms with Gasteiger partial charge >= 0.3 is 5.97 Å². The Kier molecular flexibility index (Phi) is 4.16. The fourth-order valence-electron chi connectivity index (χ4n) is 2.23. The molecular formula is C15H17NO5. The smallest absolute Gasteiger partial charge is 0.310 e. The van der Waals surface area contributed by atoms with E-state index in [0.717, 1.165) is 5.39 Å². The number of aromatic nitrogens is 1. The molecule has 0 fully saturated rings. The van der Waals surface area contributed by atoms with E-state index in [-0.39, 0.29) is 12.3 Å². The van der Waals surface area contributed by atoms with Crippen LogP contribution in [0.15, 0.2) is 12.1 Å². The minimum absolute atomic E-state index is 0.0679. The van der Waals surface area contributed by atoms with Gasteiger partial charge in [0.25, 0.3) is 0 Å². The fraction of sp³-hybridized carbons (Fsp3) is 0.333. The van der Waals surface area contributed by atoms with Crippen molar-refractivity contribution in [3.8, 4) is 17.4 Å². The second kappa shape index (κ2) is 5.87. The Hall–Kier alpha value is -2.50. The van der Waals surface area contributed by atoms with Gasteiger partial charge < -0.3 is 19.3 Å². The lowest BCUT2D eigenvalue weighted by Crippen LogP contribution is -2.06. The highest BCUT2D eigenvalue weighted by molar-refractivity contribution is 5.94. The number of rotatable bonds is 4. The molecule has 21 heavy (non-hydrogen) atoms. The maximum Gasteiger partial charge on any atom is 0.310 e. The number of benzene rings is 1. The molecule has 2 aromatic rings. The largest absolute Gasteiger partial charge is 0.493 e. The number of ether oxygens (including phenoxy) is 3. The van der Waals surface area contributed by atoms with Crippen molar-refractivity contribution in [2.24, 2.45) is 0 Å². The third kappa shape index (κ3) is 2.69. The van der Waals surface area contributed by atoms with Gasteiger partial charge in [-0.25, -0.2) is 4.98 Å². The number of carbonyl (C=O) groups excluding carboxylic acids is 1. The minimum Gasteiger partial charge on any atom is -0.493 e. The third-order valence-electron chi connectivity index (χ3n) is 3.33. The van der Waals surface area contributed by atoms with Crippen LogP contribution >= 0.6 is 0 Å². The van der Waals surface area contributed by atoms with Crippen molar-refractivity contribution >= 4 is 16.7 Å². The average molecular weight is 291 g/mol. The summed E-state index contributed by atoms with van der Waals surface area (Å²) < 4.78 is 15.2. The van der Waals surface area contributed by atoms with E-state index < -0.39 is 5.97 Å². The molecule has 1 aromatic heterocycles. The number of nitrogens with zero attached hydrogens (tertiary/aromatic N) is 1. The average Bonchev–Trinajstić information content (AvgIpc) is 2.49. The van der Waals surface area contributed by atoms with Gasteiger partial charge in [0.15, 0.2) is 11.5 Å². The van der Waals surface area contributed by atoms with E-state index >= 15 is 0 Å². The molecule has 6 heteroatoms. The van der Waals surface area contributed by atoms with E-state index in [4.69, 9.17) is 9.47 Å². The molecule has 0 spiro atoms. The van der Waals surface area contributed by atoms with Crippen LogP contribution in [0.3, 0.4) is 0 Å². The van der Waals surface area contributed by atoms with Crippen molar-refractivity contribution in [3.63, 3.8) is 0 Å². The van der Waals surface area contributed by atoms with Crippen LogP contribution in [0.5, 0.6) is 17.4 Å². The van der Waals surface area contributed by atoms with Crippen LogP contribution in [0.2, 0.25) is 0 Å². The number of methoxy groups -OCH3 is 3. The van der Waals surface area contributed by atoms with E-state index in [2.05, 4.69) is 9.72 Å². The lowest BCUT2D eigenvalue weighted by Gasteiger charge is -2.14. The highest BCUT2D eigenvalue weighted by Gasteiger charge is 2.18. The number of pyridine rings is 1. The van der Waals surface area contributed by atoms with Gasteiger partial charge in [-0.3, -0.25) is 4.79 Å². The number of hydrogen-bond donors (Lipinski definition) is 1.